The summed E-state index contributed by atoms with van der Waals surface area (Å²) in [6.45, 7) is 14.8. The number of aliphatic hydroxyl groups is 1. The molecule has 1 heterocycles. The van der Waals surface area contributed by atoms with Crippen LogP contribution in [-0.4, -0.2) is 40.4 Å². The van der Waals surface area contributed by atoms with Gasteiger partial charge in [-0.15, -0.1) is 0 Å². The molecule has 112 valence electrons. The van der Waals surface area contributed by atoms with Gasteiger partial charge in [-0.3, -0.25) is 0 Å². The lowest BCUT2D eigenvalue weighted by Gasteiger charge is -2.52. The molecule has 1 aliphatic heterocycles. The van der Waals surface area contributed by atoms with Gasteiger partial charge in [-0.1, -0.05) is 27.7 Å². The van der Waals surface area contributed by atoms with E-state index in [4.69, 9.17) is 4.74 Å². The topological polar surface area (TPSA) is 49.8 Å². The highest BCUT2D eigenvalue weighted by Gasteiger charge is 2.50. The van der Waals surface area contributed by atoms with Crippen molar-refractivity contribution >= 4 is 6.09 Å². The minimum Gasteiger partial charge on any atom is -0.444 e. The number of carbonyl (C=O) groups excluding carboxylic acids is 1. The fraction of sp³-hybridized carbons (Fsp3) is 0.933. The van der Waals surface area contributed by atoms with Gasteiger partial charge in [0.25, 0.3) is 0 Å². The van der Waals surface area contributed by atoms with E-state index in [1.165, 1.54) is 0 Å². The lowest BCUT2D eigenvalue weighted by Crippen LogP contribution is -2.61. The maximum absolute atomic E-state index is 12.1. The van der Waals surface area contributed by atoms with Gasteiger partial charge in [0.15, 0.2) is 0 Å². The lowest BCUT2D eigenvalue weighted by molar-refractivity contribution is -0.144. The van der Waals surface area contributed by atoms with E-state index in [-0.39, 0.29) is 17.4 Å². The highest BCUT2D eigenvalue weighted by Crippen LogP contribution is 2.43. The maximum atomic E-state index is 12.1. The van der Waals surface area contributed by atoms with Crippen molar-refractivity contribution in [2.45, 2.75) is 66.1 Å². The van der Waals surface area contributed by atoms with Crippen LogP contribution in [0.4, 0.5) is 4.79 Å². The minimum atomic E-state index is -0.731. The first-order valence-electron chi connectivity index (χ1n) is 7.09. The number of likely N-dealkylation sites (tertiary alicyclic amines) is 1. The lowest BCUT2D eigenvalue weighted by atomic mass is 9.65. The molecule has 1 fully saturated rings. The van der Waals surface area contributed by atoms with Crippen molar-refractivity contribution in [3.8, 4) is 0 Å². The van der Waals surface area contributed by atoms with E-state index in [1.807, 2.05) is 48.5 Å². The molecule has 0 aromatic carbocycles. The second kappa shape index (κ2) is 4.97. The zero-order valence-corrected chi connectivity index (χ0v) is 13.4. The van der Waals surface area contributed by atoms with Crippen molar-refractivity contribution in [2.75, 3.05) is 13.1 Å². The summed E-state index contributed by atoms with van der Waals surface area (Å²) in [6, 6.07) is 0. The average Bonchev–Trinajstić information content (AvgIpc) is 2.19. The molecular formula is C15H29NO3. The molecule has 0 bridgehead atoms. The first-order valence-corrected chi connectivity index (χ1v) is 7.09. The number of amides is 1. The summed E-state index contributed by atoms with van der Waals surface area (Å²) in [5.74, 6) is 0.170. The largest absolute Gasteiger partial charge is 0.444 e. The molecule has 1 saturated heterocycles. The first kappa shape index (κ1) is 16.3. The van der Waals surface area contributed by atoms with Crippen LogP contribution in [0.2, 0.25) is 0 Å². The molecular weight excluding hydrogens is 242 g/mol. The van der Waals surface area contributed by atoms with Crippen LogP contribution in [-0.2, 0) is 4.74 Å². The normalized spacial score (nSPS) is 27.5. The predicted octanol–water partition coefficient (Wildman–Crippen LogP) is 3.04. The van der Waals surface area contributed by atoms with Crippen LogP contribution in [0, 0.1) is 11.3 Å². The summed E-state index contributed by atoms with van der Waals surface area (Å²) in [4.78, 5) is 13.8. The Labute approximate surface area is 117 Å². The number of carbonyl (C=O) groups is 1. The van der Waals surface area contributed by atoms with Crippen LogP contribution >= 0.6 is 0 Å². The Kier molecular flexibility index (Phi) is 4.26. The summed E-state index contributed by atoms with van der Waals surface area (Å²) in [6.07, 6.45) is 0.308. The highest BCUT2D eigenvalue weighted by molar-refractivity contribution is 5.68. The van der Waals surface area contributed by atoms with Crippen LogP contribution in [0.1, 0.15) is 54.9 Å². The molecule has 1 atom stereocenters. The fourth-order valence-electron chi connectivity index (χ4n) is 2.89. The Bertz CT molecular complexity index is 344. The van der Waals surface area contributed by atoms with Crippen molar-refractivity contribution in [3.05, 3.63) is 0 Å². The second-order valence-electron chi connectivity index (χ2n) is 7.61. The van der Waals surface area contributed by atoms with Crippen molar-refractivity contribution < 1.29 is 14.6 Å². The molecule has 19 heavy (non-hydrogen) atoms. The van der Waals surface area contributed by atoms with Crippen LogP contribution in [0.15, 0.2) is 0 Å². The number of hydrogen-bond donors (Lipinski definition) is 1. The van der Waals surface area contributed by atoms with Crippen LogP contribution in [0.25, 0.3) is 0 Å². The zero-order valence-electron chi connectivity index (χ0n) is 13.4. The Balaban J connectivity index is 2.79. The van der Waals surface area contributed by atoms with E-state index in [1.54, 1.807) is 4.90 Å². The molecule has 1 amide bonds. The Hall–Kier alpha value is -0.770. The van der Waals surface area contributed by atoms with Crippen LogP contribution in [0.3, 0.4) is 0 Å². The zero-order chi connectivity index (χ0) is 15.1. The minimum absolute atomic E-state index is 0.170. The summed E-state index contributed by atoms with van der Waals surface area (Å²) < 4.78 is 5.40. The van der Waals surface area contributed by atoms with Gasteiger partial charge in [-0.05, 0) is 33.1 Å². The summed E-state index contributed by atoms with van der Waals surface area (Å²) in [5.41, 5.74) is -1.55. The first-order chi connectivity index (χ1) is 8.39. The van der Waals surface area contributed by atoms with Gasteiger partial charge in [0.1, 0.15) is 5.60 Å². The highest BCUT2D eigenvalue weighted by atomic mass is 16.6. The number of nitrogens with zero attached hydrogens (tertiary/aromatic N) is 1. The van der Waals surface area contributed by atoms with Gasteiger partial charge in [-0.25, -0.2) is 4.79 Å². The van der Waals surface area contributed by atoms with E-state index in [2.05, 4.69) is 0 Å². The third-order valence-corrected chi connectivity index (χ3v) is 4.13. The van der Waals surface area contributed by atoms with E-state index in [0.717, 1.165) is 0 Å². The quantitative estimate of drug-likeness (QED) is 0.797. The van der Waals surface area contributed by atoms with Crippen molar-refractivity contribution in [1.29, 1.82) is 0 Å². The Morgan fingerprint density at radius 3 is 2.21 bits per heavy atom. The van der Waals surface area contributed by atoms with Crippen molar-refractivity contribution in [2.24, 2.45) is 11.3 Å². The molecule has 0 aliphatic carbocycles. The van der Waals surface area contributed by atoms with Crippen LogP contribution in [0.5, 0.6) is 0 Å². The third kappa shape index (κ3) is 3.41. The van der Waals surface area contributed by atoms with Gasteiger partial charge in [0.05, 0.1) is 5.60 Å². The summed E-state index contributed by atoms with van der Waals surface area (Å²) >= 11 is 0. The number of rotatable bonds is 1. The number of ether oxygens (including phenoxy) is 1. The monoisotopic (exact) mass is 271 g/mol. The Morgan fingerprint density at radius 2 is 1.84 bits per heavy atom. The second-order valence-corrected chi connectivity index (χ2v) is 7.61. The van der Waals surface area contributed by atoms with E-state index in [9.17, 15) is 9.90 Å². The fourth-order valence-corrected chi connectivity index (χ4v) is 2.89. The summed E-state index contributed by atoms with van der Waals surface area (Å²) in [7, 11) is 0. The predicted molar refractivity (Wildman–Crippen MR) is 76.0 cm³/mol. The van der Waals surface area contributed by atoms with Crippen LogP contribution < -0.4 is 0 Å². The molecule has 0 spiro atoms. The van der Waals surface area contributed by atoms with Gasteiger partial charge < -0.3 is 14.7 Å². The maximum Gasteiger partial charge on any atom is 0.410 e. The molecule has 1 N–H and O–H groups in total. The van der Waals surface area contributed by atoms with E-state index >= 15 is 0 Å². The molecule has 1 rings (SSSR count). The molecule has 1 aliphatic rings. The SMILES string of the molecule is CC(C)C1(O)CCN(C(=O)OC(C)(C)C)CC1(C)C. The molecule has 0 aromatic rings. The molecule has 4 nitrogen and oxygen atoms in total. The number of piperidine rings is 1. The Morgan fingerprint density at radius 1 is 1.32 bits per heavy atom. The average molecular weight is 271 g/mol. The van der Waals surface area contributed by atoms with Crippen molar-refractivity contribution in [3.63, 3.8) is 0 Å². The van der Waals surface area contributed by atoms with Gasteiger partial charge in [0, 0.05) is 18.5 Å². The molecule has 0 radical (unpaired) electrons. The van der Waals surface area contributed by atoms with E-state index in [0.29, 0.717) is 19.5 Å². The van der Waals surface area contributed by atoms with Gasteiger partial charge in [0.2, 0.25) is 0 Å². The molecule has 4 heteroatoms. The van der Waals surface area contributed by atoms with Crippen molar-refractivity contribution in [1.82, 2.24) is 4.90 Å². The van der Waals surface area contributed by atoms with Gasteiger partial charge >= 0.3 is 6.09 Å². The smallest absolute Gasteiger partial charge is 0.410 e. The summed E-state index contributed by atoms with van der Waals surface area (Å²) in [5, 5.41) is 10.8. The standard InChI is InChI=1S/C15H29NO3/c1-11(2)15(18)8-9-16(10-14(15,6)7)12(17)19-13(3,4)5/h11,18H,8-10H2,1-7H3. The third-order valence-electron chi connectivity index (χ3n) is 4.13. The van der Waals surface area contributed by atoms with E-state index < -0.39 is 11.2 Å². The molecule has 0 aromatic heterocycles. The molecule has 0 saturated carbocycles. The number of hydrogen-bond acceptors (Lipinski definition) is 3. The molecule has 1 unspecified atom stereocenters. The van der Waals surface area contributed by atoms with Gasteiger partial charge in [-0.2, -0.15) is 0 Å².